The monoisotopic (exact) mass is 419 g/mol. The van der Waals surface area contributed by atoms with Gasteiger partial charge in [0.1, 0.15) is 17.6 Å². The van der Waals surface area contributed by atoms with E-state index in [-0.39, 0.29) is 5.92 Å². The standard InChI is InChI=1S/C25H22ClNO3/c1-16(2)24(25(28)29)20-11-12-23(26)22(15-27)21(20)14-17-7-6-10-19(13-17)30-18-8-4-3-5-9-18/h3-13,16,24H,14H2,1-2H3,(H,28,29)/t24-/m0/s1. The molecule has 5 heteroatoms. The van der Waals surface area contributed by atoms with Gasteiger partial charge >= 0.3 is 5.97 Å². The molecule has 0 aromatic heterocycles. The molecule has 3 rings (SSSR count). The van der Waals surface area contributed by atoms with Gasteiger partial charge in [-0.25, -0.2) is 0 Å². The first-order valence-corrected chi connectivity index (χ1v) is 10.0. The number of ether oxygens (including phenoxy) is 1. The summed E-state index contributed by atoms with van der Waals surface area (Å²) >= 11 is 6.28. The molecule has 0 amide bonds. The zero-order chi connectivity index (χ0) is 21.7. The summed E-state index contributed by atoms with van der Waals surface area (Å²) in [6.45, 7) is 3.72. The number of carboxylic acids is 1. The Morgan fingerprint density at radius 2 is 1.77 bits per heavy atom. The van der Waals surface area contributed by atoms with E-state index in [1.807, 2.05) is 68.4 Å². The maximum atomic E-state index is 12.0. The Bertz CT molecular complexity index is 1090. The van der Waals surface area contributed by atoms with Gasteiger partial charge in [-0.15, -0.1) is 0 Å². The van der Waals surface area contributed by atoms with Crippen LogP contribution >= 0.6 is 11.6 Å². The number of carbonyl (C=O) groups is 1. The van der Waals surface area contributed by atoms with Crippen molar-refractivity contribution in [3.63, 3.8) is 0 Å². The number of benzene rings is 3. The van der Waals surface area contributed by atoms with Crippen molar-refractivity contribution in [1.29, 1.82) is 5.26 Å². The summed E-state index contributed by atoms with van der Waals surface area (Å²) in [6.07, 6.45) is 0.376. The highest BCUT2D eigenvalue weighted by molar-refractivity contribution is 6.31. The average molecular weight is 420 g/mol. The minimum absolute atomic E-state index is 0.137. The van der Waals surface area contributed by atoms with Crippen LogP contribution in [0.4, 0.5) is 0 Å². The van der Waals surface area contributed by atoms with Crippen molar-refractivity contribution in [3.05, 3.63) is 94.0 Å². The quantitative estimate of drug-likeness (QED) is 0.479. The Balaban J connectivity index is 2.02. The predicted octanol–water partition coefficient (Wildman–Crippen LogP) is 6.42. The molecule has 0 heterocycles. The molecule has 0 aliphatic rings. The summed E-state index contributed by atoms with van der Waals surface area (Å²) < 4.78 is 5.91. The van der Waals surface area contributed by atoms with Gasteiger partial charge in [0.2, 0.25) is 0 Å². The number of carboxylic acid groups (broad SMARTS) is 1. The summed E-state index contributed by atoms with van der Waals surface area (Å²) in [7, 11) is 0. The number of halogens is 1. The number of rotatable bonds is 7. The van der Waals surface area contributed by atoms with Crippen LogP contribution < -0.4 is 4.74 Å². The minimum atomic E-state index is -0.918. The van der Waals surface area contributed by atoms with E-state index in [1.165, 1.54) is 0 Å². The Morgan fingerprint density at radius 1 is 1.07 bits per heavy atom. The molecule has 0 aliphatic carbocycles. The lowest BCUT2D eigenvalue weighted by atomic mass is 9.82. The third-order valence-electron chi connectivity index (χ3n) is 4.94. The number of aliphatic carboxylic acids is 1. The highest BCUT2D eigenvalue weighted by Gasteiger charge is 2.28. The molecular weight excluding hydrogens is 398 g/mol. The fraction of sp³-hybridized carbons (Fsp3) is 0.200. The molecule has 0 saturated heterocycles. The zero-order valence-electron chi connectivity index (χ0n) is 16.8. The Hall–Kier alpha value is -3.29. The number of para-hydroxylation sites is 1. The van der Waals surface area contributed by atoms with E-state index in [2.05, 4.69) is 6.07 Å². The fourth-order valence-corrected chi connectivity index (χ4v) is 3.78. The molecule has 0 bridgehead atoms. The van der Waals surface area contributed by atoms with Crippen molar-refractivity contribution in [2.45, 2.75) is 26.2 Å². The normalized spacial score (nSPS) is 11.7. The third kappa shape index (κ3) is 4.82. The van der Waals surface area contributed by atoms with Gasteiger partial charge < -0.3 is 9.84 Å². The number of hydrogen-bond donors (Lipinski definition) is 1. The van der Waals surface area contributed by atoms with Crippen LogP contribution in [0.1, 0.15) is 42.0 Å². The third-order valence-corrected chi connectivity index (χ3v) is 5.25. The molecule has 0 spiro atoms. The van der Waals surface area contributed by atoms with E-state index in [4.69, 9.17) is 16.3 Å². The molecule has 0 radical (unpaired) electrons. The van der Waals surface area contributed by atoms with Crippen molar-refractivity contribution >= 4 is 17.6 Å². The zero-order valence-corrected chi connectivity index (χ0v) is 17.6. The van der Waals surface area contributed by atoms with Crippen LogP contribution in [-0.4, -0.2) is 11.1 Å². The van der Waals surface area contributed by atoms with Crippen molar-refractivity contribution in [1.82, 2.24) is 0 Å². The first-order valence-electron chi connectivity index (χ1n) is 9.66. The lowest BCUT2D eigenvalue weighted by Gasteiger charge is -2.22. The molecule has 0 aliphatic heterocycles. The van der Waals surface area contributed by atoms with E-state index in [9.17, 15) is 15.2 Å². The van der Waals surface area contributed by atoms with Crippen LogP contribution in [0.5, 0.6) is 11.5 Å². The van der Waals surface area contributed by atoms with Crippen LogP contribution in [0, 0.1) is 17.2 Å². The van der Waals surface area contributed by atoms with Gasteiger partial charge in [-0.2, -0.15) is 5.26 Å². The SMILES string of the molecule is CC(C)[C@H](C(=O)O)c1ccc(Cl)c(C#N)c1Cc1cccc(Oc2ccccc2)c1. The summed E-state index contributed by atoms with van der Waals surface area (Å²) in [5.74, 6) is -0.394. The van der Waals surface area contributed by atoms with Crippen LogP contribution in [-0.2, 0) is 11.2 Å². The second kappa shape index (κ2) is 9.47. The van der Waals surface area contributed by atoms with Crippen molar-refractivity contribution in [2.75, 3.05) is 0 Å². The smallest absolute Gasteiger partial charge is 0.311 e. The van der Waals surface area contributed by atoms with E-state index < -0.39 is 11.9 Å². The maximum absolute atomic E-state index is 12.0. The van der Waals surface area contributed by atoms with E-state index in [0.717, 1.165) is 11.3 Å². The van der Waals surface area contributed by atoms with Crippen LogP contribution in [0.3, 0.4) is 0 Å². The summed E-state index contributed by atoms with van der Waals surface area (Å²) in [5, 5.41) is 19.8. The molecule has 0 fully saturated rings. The average Bonchev–Trinajstić information content (AvgIpc) is 2.70. The first kappa shape index (κ1) is 21.4. The van der Waals surface area contributed by atoms with Gasteiger partial charge in [-0.05, 0) is 59.4 Å². The van der Waals surface area contributed by atoms with Crippen molar-refractivity contribution < 1.29 is 14.6 Å². The number of hydrogen-bond acceptors (Lipinski definition) is 3. The predicted molar refractivity (Wildman–Crippen MR) is 117 cm³/mol. The summed E-state index contributed by atoms with van der Waals surface area (Å²) in [5.41, 5.74) is 2.47. The van der Waals surface area contributed by atoms with E-state index >= 15 is 0 Å². The first-order chi connectivity index (χ1) is 14.4. The topological polar surface area (TPSA) is 70.3 Å². The van der Waals surface area contributed by atoms with Crippen LogP contribution in [0.15, 0.2) is 66.7 Å². The Labute approximate surface area is 181 Å². The van der Waals surface area contributed by atoms with Gasteiger partial charge in [-0.1, -0.05) is 61.8 Å². The number of nitrogens with zero attached hydrogens (tertiary/aromatic N) is 1. The molecular formula is C25H22ClNO3. The molecule has 1 N–H and O–H groups in total. The molecule has 3 aromatic carbocycles. The lowest BCUT2D eigenvalue weighted by Crippen LogP contribution is -2.20. The molecule has 152 valence electrons. The highest BCUT2D eigenvalue weighted by Crippen LogP contribution is 2.34. The second-order valence-corrected chi connectivity index (χ2v) is 7.81. The largest absolute Gasteiger partial charge is 0.481 e. The highest BCUT2D eigenvalue weighted by atomic mass is 35.5. The van der Waals surface area contributed by atoms with Crippen LogP contribution in [0.2, 0.25) is 5.02 Å². The number of nitriles is 1. The second-order valence-electron chi connectivity index (χ2n) is 7.40. The Kier molecular flexibility index (Phi) is 6.76. The maximum Gasteiger partial charge on any atom is 0.311 e. The molecule has 0 unspecified atom stereocenters. The van der Waals surface area contributed by atoms with E-state index in [1.54, 1.807) is 12.1 Å². The van der Waals surface area contributed by atoms with Crippen molar-refractivity contribution in [3.8, 4) is 17.6 Å². The van der Waals surface area contributed by atoms with Crippen LogP contribution in [0.25, 0.3) is 0 Å². The minimum Gasteiger partial charge on any atom is -0.481 e. The lowest BCUT2D eigenvalue weighted by molar-refractivity contribution is -0.139. The summed E-state index contributed by atoms with van der Waals surface area (Å²) in [4.78, 5) is 12.0. The molecule has 1 atom stereocenters. The van der Waals surface area contributed by atoms with E-state index in [0.29, 0.717) is 33.9 Å². The molecule has 4 nitrogen and oxygen atoms in total. The Morgan fingerprint density at radius 3 is 2.40 bits per heavy atom. The van der Waals surface area contributed by atoms with Gasteiger partial charge in [0.15, 0.2) is 0 Å². The van der Waals surface area contributed by atoms with Gasteiger partial charge in [0, 0.05) is 0 Å². The fourth-order valence-electron chi connectivity index (χ4n) is 3.56. The van der Waals surface area contributed by atoms with Gasteiger partial charge in [-0.3, -0.25) is 4.79 Å². The molecule has 0 saturated carbocycles. The van der Waals surface area contributed by atoms with Gasteiger partial charge in [0.25, 0.3) is 0 Å². The summed E-state index contributed by atoms with van der Waals surface area (Å²) in [6, 6.07) is 22.5. The molecule has 3 aromatic rings. The van der Waals surface area contributed by atoms with Crippen molar-refractivity contribution in [2.24, 2.45) is 5.92 Å². The molecule has 30 heavy (non-hydrogen) atoms. The van der Waals surface area contributed by atoms with Gasteiger partial charge in [0.05, 0.1) is 16.5 Å².